The van der Waals surface area contributed by atoms with E-state index in [2.05, 4.69) is 4.98 Å². The van der Waals surface area contributed by atoms with Crippen molar-refractivity contribution in [2.75, 3.05) is 13.2 Å². The van der Waals surface area contributed by atoms with E-state index in [1.165, 1.54) is 4.90 Å². The van der Waals surface area contributed by atoms with Gasteiger partial charge in [-0.15, -0.1) is 0 Å². The van der Waals surface area contributed by atoms with E-state index in [1.54, 1.807) is 36.8 Å². The number of fused-ring (bicyclic) bond motifs is 1. The summed E-state index contributed by atoms with van der Waals surface area (Å²) in [6.45, 7) is 4.37. The van der Waals surface area contributed by atoms with Gasteiger partial charge in [-0.3, -0.25) is 4.79 Å². The molecule has 1 atom stereocenters. The number of benzene rings is 1. The summed E-state index contributed by atoms with van der Waals surface area (Å²) >= 11 is 0. The molecule has 0 radical (unpaired) electrons. The Bertz CT molecular complexity index is 769. The van der Waals surface area contributed by atoms with E-state index in [9.17, 15) is 14.7 Å². The molecule has 7 heteroatoms. The second kappa shape index (κ2) is 6.35. The van der Waals surface area contributed by atoms with Crippen molar-refractivity contribution < 1.29 is 19.4 Å². The van der Waals surface area contributed by atoms with Gasteiger partial charge in [0.05, 0.1) is 12.9 Å². The van der Waals surface area contributed by atoms with E-state index in [-0.39, 0.29) is 24.9 Å². The first kappa shape index (κ1) is 16.0. The third-order valence-corrected chi connectivity index (χ3v) is 4.03. The fourth-order valence-electron chi connectivity index (χ4n) is 2.75. The van der Waals surface area contributed by atoms with Crippen LogP contribution in [0.1, 0.15) is 42.0 Å². The summed E-state index contributed by atoms with van der Waals surface area (Å²) in [5, 5.41) is 9.69. The van der Waals surface area contributed by atoms with Crippen molar-refractivity contribution in [2.45, 2.75) is 25.9 Å². The number of aliphatic carboxylic acids is 1. The molecule has 2 aromatic rings. The number of hydrogen-bond acceptors (Lipinski definition) is 4. The van der Waals surface area contributed by atoms with E-state index < -0.39 is 17.9 Å². The zero-order chi connectivity index (χ0) is 17.3. The van der Waals surface area contributed by atoms with Crippen LogP contribution in [0.3, 0.4) is 0 Å². The monoisotopic (exact) mass is 329 g/mol. The van der Waals surface area contributed by atoms with Gasteiger partial charge in [-0.05, 0) is 19.9 Å². The molecule has 0 saturated carbocycles. The Morgan fingerprint density at radius 3 is 2.75 bits per heavy atom. The van der Waals surface area contributed by atoms with E-state index in [0.717, 1.165) is 0 Å². The maximum atomic E-state index is 12.8. The molecule has 1 aromatic heterocycles. The second-order valence-electron chi connectivity index (χ2n) is 5.93. The molecular weight excluding hydrogens is 310 g/mol. The van der Waals surface area contributed by atoms with Gasteiger partial charge < -0.3 is 19.3 Å². The van der Waals surface area contributed by atoms with Gasteiger partial charge in [-0.2, -0.15) is 0 Å². The van der Waals surface area contributed by atoms with Crippen LogP contribution in [0.2, 0.25) is 0 Å². The lowest BCUT2D eigenvalue weighted by molar-refractivity contribution is -0.142. The third kappa shape index (κ3) is 2.84. The topological polar surface area (TPSA) is 84.7 Å². The Hall–Kier alpha value is -2.83. The fraction of sp³-hybridized carbons (Fsp3) is 0.353. The Kier molecular flexibility index (Phi) is 4.24. The normalized spacial score (nSPS) is 17.1. The SMILES string of the molecule is CC(C)n1cnc(C(=O)N2CCOc3ccccc3C2C(=O)O)c1. The zero-order valence-corrected chi connectivity index (χ0v) is 13.5. The second-order valence-corrected chi connectivity index (χ2v) is 5.93. The molecule has 0 saturated heterocycles. The van der Waals surface area contributed by atoms with Crippen LogP contribution in [0.5, 0.6) is 5.75 Å². The third-order valence-electron chi connectivity index (χ3n) is 4.03. The molecule has 3 rings (SSSR count). The number of para-hydroxylation sites is 1. The lowest BCUT2D eigenvalue weighted by Gasteiger charge is -2.26. The van der Waals surface area contributed by atoms with Crippen molar-refractivity contribution in [3.05, 3.63) is 48.0 Å². The number of nitrogens with zero attached hydrogens (tertiary/aromatic N) is 3. The minimum absolute atomic E-state index is 0.169. The number of carbonyl (C=O) groups is 2. The summed E-state index contributed by atoms with van der Waals surface area (Å²) in [5.74, 6) is -1.01. The van der Waals surface area contributed by atoms with E-state index >= 15 is 0 Å². The minimum Gasteiger partial charge on any atom is -0.491 e. The first-order valence-corrected chi connectivity index (χ1v) is 7.78. The van der Waals surface area contributed by atoms with Crippen molar-refractivity contribution >= 4 is 11.9 Å². The number of hydrogen-bond donors (Lipinski definition) is 1. The molecule has 2 heterocycles. The van der Waals surface area contributed by atoms with Crippen LogP contribution in [0.4, 0.5) is 0 Å². The number of carbonyl (C=O) groups excluding carboxylic acids is 1. The van der Waals surface area contributed by atoms with Gasteiger partial charge in [-0.25, -0.2) is 9.78 Å². The van der Waals surface area contributed by atoms with Gasteiger partial charge in [0.2, 0.25) is 0 Å². The number of imidazole rings is 1. The van der Waals surface area contributed by atoms with Crippen molar-refractivity contribution in [2.24, 2.45) is 0 Å². The van der Waals surface area contributed by atoms with Crippen LogP contribution in [0.25, 0.3) is 0 Å². The number of amides is 1. The average molecular weight is 329 g/mol. The van der Waals surface area contributed by atoms with Gasteiger partial charge >= 0.3 is 5.97 Å². The lowest BCUT2D eigenvalue weighted by atomic mass is 10.0. The van der Waals surface area contributed by atoms with Gasteiger partial charge in [0.1, 0.15) is 18.1 Å². The average Bonchev–Trinajstić information content (AvgIpc) is 2.96. The molecule has 1 N–H and O–H groups in total. The number of ether oxygens (including phenoxy) is 1. The predicted octanol–water partition coefficient (Wildman–Crippen LogP) is 2.12. The standard InChI is InChI=1S/C17H19N3O4/c1-11(2)19-9-13(18-10-19)16(21)20-7-8-24-14-6-4-3-5-12(14)15(20)17(22)23/h3-6,9-11,15H,7-8H2,1-2H3,(H,22,23). The number of carboxylic acids is 1. The minimum atomic E-state index is -1.10. The van der Waals surface area contributed by atoms with Crippen molar-refractivity contribution in [1.82, 2.24) is 14.5 Å². The highest BCUT2D eigenvalue weighted by Gasteiger charge is 2.36. The van der Waals surface area contributed by atoms with Gasteiger partial charge in [0.15, 0.2) is 6.04 Å². The number of rotatable bonds is 3. The van der Waals surface area contributed by atoms with E-state index in [4.69, 9.17) is 4.74 Å². The number of aromatic nitrogens is 2. The molecule has 1 aliphatic heterocycles. The molecule has 1 aliphatic rings. The summed E-state index contributed by atoms with van der Waals surface area (Å²) in [7, 11) is 0. The molecule has 1 amide bonds. The Balaban J connectivity index is 1.98. The van der Waals surface area contributed by atoms with Crippen LogP contribution in [0, 0.1) is 0 Å². The first-order valence-electron chi connectivity index (χ1n) is 7.78. The highest BCUT2D eigenvalue weighted by molar-refractivity contribution is 5.95. The summed E-state index contributed by atoms with van der Waals surface area (Å²) in [6, 6.07) is 5.97. The summed E-state index contributed by atoms with van der Waals surface area (Å²) < 4.78 is 7.42. The Labute approximate surface area is 139 Å². The van der Waals surface area contributed by atoms with Crippen molar-refractivity contribution in [3.63, 3.8) is 0 Å². The van der Waals surface area contributed by atoms with Gasteiger partial charge in [0.25, 0.3) is 5.91 Å². The van der Waals surface area contributed by atoms with Gasteiger partial charge in [0, 0.05) is 17.8 Å². The molecule has 1 unspecified atom stereocenters. The molecule has 7 nitrogen and oxygen atoms in total. The van der Waals surface area contributed by atoms with Crippen LogP contribution in [0.15, 0.2) is 36.8 Å². The smallest absolute Gasteiger partial charge is 0.331 e. The molecule has 0 fully saturated rings. The number of carboxylic acid groups (broad SMARTS) is 1. The van der Waals surface area contributed by atoms with Crippen LogP contribution in [-0.4, -0.2) is 44.6 Å². The van der Waals surface area contributed by atoms with Gasteiger partial charge in [-0.1, -0.05) is 18.2 Å². The molecule has 126 valence electrons. The fourth-order valence-corrected chi connectivity index (χ4v) is 2.75. The Morgan fingerprint density at radius 2 is 2.08 bits per heavy atom. The predicted molar refractivity (Wildman–Crippen MR) is 86.0 cm³/mol. The van der Waals surface area contributed by atoms with Crippen LogP contribution in [-0.2, 0) is 4.79 Å². The van der Waals surface area contributed by atoms with Crippen molar-refractivity contribution in [3.8, 4) is 5.75 Å². The summed E-state index contributed by atoms with van der Waals surface area (Å²) in [5.41, 5.74) is 0.702. The molecule has 1 aromatic carbocycles. The first-order chi connectivity index (χ1) is 11.5. The van der Waals surface area contributed by atoms with Crippen LogP contribution >= 0.6 is 0 Å². The maximum Gasteiger partial charge on any atom is 0.331 e. The molecule has 0 aliphatic carbocycles. The quantitative estimate of drug-likeness (QED) is 0.932. The molecule has 24 heavy (non-hydrogen) atoms. The molecule has 0 spiro atoms. The van der Waals surface area contributed by atoms with Crippen molar-refractivity contribution in [1.29, 1.82) is 0 Å². The maximum absolute atomic E-state index is 12.8. The zero-order valence-electron chi connectivity index (χ0n) is 13.5. The van der Waals surface area contributed by atoms with Crippen LogP contribution < -0.4 is 4.74 Å². The van der Waals surface area contributed by atoms with E-state index in [0.29, 0.717) is 11.3 Å². The molecule has 0 bridgehead atoms. The summed E-state index contributed by atoms with van der Waals surface area (Å²) in [6.07, 6.45) is 3.22. The summed E-state index contributed by atoms with van der Waals surface area (Å²) in [4.78, 5) is 30.1. The highest BCUT2D eigenvalue weighted by Crippen LogP contribution is 2.32. The Morgan fingerprint density at radius 1 is 1.33 bits per heavy atom. The largest absolute Gasteiger partial charge is 0.491 e. The highest BCUT2D eigenvalue weighted by atomic mass is 16.5. The lowest BCUT2D eigenvalue weighted by Crippen LogP contribution is -2.40. The molecular formula is C17H19N3O4. The van der Waals surface area contributed by atoms with E-state index in [1.807, 2.05) is 18.4 Å².